The lowest BCUT2D eigenvalue weighted by atomic mass is 9.87. The molecule has 144 valence electrons. The fraction of sp³-hybridized carbons (Fsp3) is 0.318. The van der Waals surface area contributed by atoms with Gasteiger partial charge < -0.3 is 4.74 Å². The molecule has 1 aliphatic rings. The number of hydrogen-bond acceptors (Lipinski definition) is 5. The first-order valence-corrected chi connectivity index (χ1v) is 10.3. The second-order valence-electron chi connectivity index (χ2n) is 7.87. The molecule has 1 fully saturated rings. The SMILES string of the molecule is CC(C)(C)c1ccc(-c2nnc(S[C@H]3CCOC3=O)n2-c2ccccc2)cc1. The highest BCUT2D eigenvalue weighted by atomic mass is 32.2. The van der Waals surface area contributed by atoms with Crippen LogP contribution in [-0.4, -0.2) is 32.6 Å². The van der Waals surface area contributed by atoms with Gasteiger partial charge in [-0.1, -0.05) is 75.0 Å². The van der Waals surface area contributed by atoms with Crippen LogP contribution in [0.25, 0.3) is 17.1 Å². The summed E-state index contributed by atoms with van der Waals surface area (Å²) in [4.78, 5) is 11.9. The van der Waals surface area contributed by atoms with Crippen molar-refractivity contribution < 1.29 is 9.53 Å². The standard InChI is InChI=1S/C22H23N3O2S/c1-22(2,3)16-11-9-15(10-12-16)19-23-24-21(28-18-13-14-27-20(18)26)25(19)17-7-5-4-6-8-17/h4-12,18H,13-14H2,1-3H3/t18-/m0/s1. The summed E-state index contributed by atoms with van der Waals surface area (Å²) in [5.74, 6) is 0.587. The van der Waals surface area contributed by atoms with E-state index in [0.717, 1.165) is 17.1 Å². The predicted molar refractivity (Wildman–Crippen MR) is 111 cm³/mol. The molecule has 28 heavy (non-hydrogen) atoms. The summed E-state index contributed by atoms with van der Waals surface area (Å²) in [6, 6.07) is 18.4. The molecule has 0 amide bonds. The van der Waals surface area contributed by atoms with E-state index in [1.807, 2.05) is 34.9 Å². The van der Waals surface area contributed by atoms with Gasteiger partial charge in [0.2, 0.25) is 0 Å². The van der Waals surface area contributed by atoms with E-state index in [1.165, 1.54) is 17.3 Å². The van der Waals surface area contributed by atoms with Crippen LogP contribution in [0.2, 0.25) is 0 Å². The average molecular weight is 394 g/mol. The van der Waals surface area contributed by atoms with E-state index in [-0.39, 0.29) is 16.6 Å². The smallest absolute Gasteiger partial charge is 0.319 e. The summed E-state index contributed by atoms with van der Waals surface area (Å²) in [5.41, 5.74) is 3.32. The van der Waals surface area contributed by atoms with Gasteiger partial charge in [-0.2, -0.15) is 0 Å². The molecule has 4 rings (SSSR count). The highest BCUT2D eigenvalue weighted by molar-refractivity contribution is 8.00. The van der Waals surface area contributed by atoms with Crippen molar-refractivity contribution in [2.75, 3.05) is 6.61 Å². The molecular formula is C22H23N3O2S. The van der Waals surface area contributed by atoms with Crippen molar-refractivity contribution in [1.29, 1.82) is 0 Å². The van der Waals surface area contributed by atoms with Gasteiger partial charge in [-0.3, -0.25) is 9.36 Å². The lowest BCUT2D eigenvalue weighted by Gasteiger charge is -2.19. The molecule has 0 unspecified atom stereocenters. The summed E-state index contributed by atoms with van der Waals surface area (Å²) in [5, 5.41) is 9.33. The van der Waals surface area contributed by atoms with Crippen LogP contribution >= 0.6 is 11.8 Å². The van der Waals surface area contributed by atoms with Gasteiger partial charge >= 0.3 is 5.97 Å². The molecule has 0 N–H and O–H groups in total. The van der Waals surface area contributed by atoms with Crippen molar-refractivity contribution in [3.63, 3.8) is 0 Å². The number of esters is 1. The third-order valence-corrected chi connectivity index (χ3v) is 5.98. The van der Waals surface area contributed by atoms with E-state index >= 15 is 0 Å². The molecule has 6 heteroatoms. The Hall–Kier alpha value is -2.60. The quantitative estimate of drug-likeness (QED) is 0.605. The van der Waals surface area contributed by atoms with E-state index in [4.69, 9.17) is 4.74 Å². The van der Waals surface area contributed by atoms with Crippen molar-refractivity contribution in [3.8, 4) is 17.1 Å². The van der Waals surface area contributed by atoms with E-state index in [9.17, 15) is 4.79 Å². The first kappa shape index (κ1) is 18.7. The van der Waals surface area contributed by atoms with Gasteiger partial charge in [0.05, 0.1) is 6.61 Å². The van der Waals surface area contributed by atoms with Crippen molar-refractivity contribution >= 4 is 17.7 Å². The van der Waals surface area contributed by atoms with Crippen LogP contribution in [-0.2, 0) is 14.9 Å². The Morgan fingerprint density at radius 3 is 2.36 bits per heavy atom. The molecular weight excluding hydrogens is 370 g/mol. The Balaban J connectivity index is 1.76. The molecule has 0 bridgehead atoms. The third kappa shape index (κ3) is 3.69. The van der Waals surface area contributed by atoms with Crippen LogP contribution in [0.15, 0.2) is 59.8 Å². The molecule has 0 aliphatic carbocycles. The first-order valence-electron chi connectivity index (χ1n) is 9.38. The van der Waals surface area contributed by atoms with Gasteiger partial charge in [-0.05, 0) is 23.1 Å². The minimum atomic E-state index is -0.234. The van der Waals surface area contributed by atoms with Gasteiger partial charge in [-0.25, -0.2) is 0 Å². The number of ether oxygens (including phenoxy) is 1. The molecule has 1 aromatic heterocycles. The minimum Gasteiger partial charge on any atom is -0.465 e. The summed E-state index contributed by atoms with van der Waals surface area (Å²) in [6.45, 7) is 7.06. The van der Waals surface area contributed by atoms with Crippen molar-refractivity contribution in [2.24, 2.45) is 0 Å². The molecule has 2 heterocycles. The van der Waals surface area contributed by atoms with Crippen molar-refractivity contribution in [2.45, 2.75) is 43.0 Å². The number of carbonyl (C=O) groups is 1. The van der Waals surface area contributed by atoms with Crippen molar-refractivity contribution in [3.05, 3.63) is 60.2 Å². The number of rotatable bonds is 4. The zero-order valence-electron chi connectivity index (χ0n) is 16.3. The fourth-order valence-corrected chi connectivity index (χ4v) is 4.19. The minimum absolute atomic E-state index is 0.0927. The summed E-state index contributed by atoms with van der Waals surface area (Å²) in [7, 11) is 0. The number of cyclic esters (lactones) is 1. The lowest BCUT2D eigenvalue weighted by Crippen LogP contribution is -2.11. The zero-order valence-corrected chi connectivity index (χ0v) is 17.1. The van der Waals surface area contributed by atoms with Crippen LogP contribution in [0.1, 0.15) is 32.8 Å². The molecule has 0 spiro atoms. The zero-order chi connectivity index (χ0) is 19.7. The van der Waals surface area contributed by atoms with Crippen LogP contribution in [0.4, 0.5) is 0 Å². The van der Waals surface area contributed by atoms with Crippen LogP contribution in [0.5, 0.6) is 0 Å². The average Bonchev–Trinajstić information content (AvgIpc) is 3.29. The Morgan fingerprint density at radius 1 is 1.04 bits per heavy atom. The number of hydrogen-bond donors (Lipinski definition) is 0. The molecule has 1 atom stereocenters. The summed E-state index contributed by atoms with van der Waals surface area (Å²) < 4.78 is 7.12. The molecule has 1 aliphatic heterocycles. The Morgan fingerprint density at radius 2 is 1.75 bits per heavy atom. The van der Waals surface area contributed by atoms with Crippen LogP contribution in [0, 0.1) is 0 Å². The molecule has 0 saturated carbocycles. The van der Waals surface area contributed by atoms with E-state index in [0.29, 0.717) is 18.2 Å². The maximum absolute atomic E-state index is 11.9. The number of aromatic nitrogens is 3. The van der Waals surface area contributed by atoms with Gasteiger partial charge in [0, 0.05) is 17.7 Å². The largest absolute Gasteiger partial charge is 0.465 e. The van der Waals surface area contributed by atoms with Crippen molar-refractivity contribution in [1.82, 2.24) is 14.8 Å². The molecule has 0 radical (unpaired) electrons. The van der Waals surface area contributed by atoms with E-state index in [1.54, 1.807) is 0 Å². The Labute approximate surface area is 169 Å². The third-order valence-electron chi connectivity index (χ3n) is 4.79. The normalized spacial score (nSPS) is 17.0. The lowest BCUT2D eigenvalue weighted by molar-refractivity contribution is -0.137. The van der Waals surface area contributed by atoms with E-state index in [2.05, 4.69) is 55.2 Å². The van der Waals surface area contributed by atoms with Gasteiger partial charge in [0.1, 0.15) is 5.25 Å². The predicted octanol–water partition coefficient (Wildman–Crippen LogP) is 4.64. The fourth-order valence-electron chi connectivity index (χ4n) is 3.17. The van der Waals surface area contributed by atoms with Crippen LogP contribution < -0.4 is 0 Å². The number of benzene rings is 2. The monoisotopic (exact) mass is 393 g/mol. The first-order chi connectivity index (χ1) is 13.4. The highest BCUT2D eigenvalue weighted by Gasteiger charge is 2.30. The number of thioether (sulfide) groups is 1. The van der Waals surface area contributed by atoms with Gasteiger partial charge in [0.15, 0.2) is 11.0 Å². The maximum Gasteiger partial charge on any atom is 0.319 e. The topological polar surface area (TPSA) is 57.0 Å². The highest BCUT2D eigenvalue weighted by Crippen LogP contribution is 2.34. The number of nitrogens with zero attached hydrogens (tertiary/aromatic N) is 3. The second-order valence-corrected chi connectivity index (χ2v) is 9.04. The second kappa shape index (κ2) is 7.43. The maximum atomic E-state index is 11.9. The Kier molecular flexibility index (Phi) is 4.98. The molecule has 2 aromatic carbocycles. The summed E-state index contributed by atoms with van der Waals surface area (Å²) in [6.07, 6.45) is 0.695. The van der Waals surface area contributed by atoms with E-state index < -0.39 is 0 Å². The molecule has 3 aromatic rings. The number of para-hydroxylation sites is 1. The summed E-state index contributed by atoms with van der Waals surface area (Å²) >= 11 is 1.42. The molecule has 1 saturated heterocycles. The van der Waals surface area contributed by atoms with Gasteiger partial charge in [0.25, 0.3) is 0 Å². The molecule has 5 nitrogen and oxygen atoms in total. The van der Waals surface area contributed by atoms with Crippen LogP contribution in [0.3, 0.4) is 0 Å². The number of carbonyl (C=O) groups excluding carboxylic acids is 1. The van der Waals surface area contributed by atoms with Gasteiger partial charge in [-0.15, -0.1) is 10.2 Å². The Bertz CT molecular complexity index is 975.